The van der Waals surface area contributed by atoms with E-state index in [0.29, 0.717) is 10.8 Å². The van der Waals surface area contributed by atoms with Crippen molar-refractivity contribution in [1.82, 2.24) is 4.98 Å². The number of nitrogens with zero attached hydrogens (tertiary/aromatic N) is 1. The standard InChI is InChI=1S/C14H18BrN3OS/c15-10-6-5-9-17-11(10)18-13(19)14(12(16)20)7-3-1-2-4-8-14/h5-6,9H,1-4,7-8H2,(H2,16,20)(H,17,18,19). The highest BCUT2D eigenvalue weighted by molar-refractivity contribution is 9.10. The minimum Gasteiger partial charge on any atom is -0.392 e. The SMILES string of the molecule is NC(=S)C1(C(=O)Nc2ncccc2Br)CCCCCC1. The van der Waals surface area contributed by atoms with Gasteiger partial charge in [-0.05, 0) is 40.9 Å². The summed E-state index contributed by atoms with van der Waals surface area (Å²) in [6, 6.07) is 3.64. The number of hydrogen-bond acceptors (Lipinski definition) is 3. The Labute approximate surface area is 132 Å². The predicted molar refractivity (Wildman–Crippen MR) is 87.5 cm³/mol. The van der Waals surface area contributed by atoms with E-state index in [1.165, 1.54) is 0 Å². The molecule has 0 saturated heterocycles. The molecule has 1 amide bonds. The van der Waals surface area contributed by atoms with Crippen LogP contribution in [-0.4, -0.2) is 15.9 Å². The maximum absolute atomic E-state index is 12.7. The molecule has 1 aliphatic rings. The fourth-order valence-corrected chi connectivity index (χ4v) is 3.27. The number of thiocarbonyl (C=S) groups is 1. The second kappa shape index (κ2) is 6.63. The summed E-state index contributed by atoms with van der Waals surface area (Å²) in [7, 11) is 0. The van der Waals surface area contributed by atoms with Crippen LogP contribution in [0, 0.1) is 5.41 Å². The van der Waals surface area contributed by atoms with Crippen molar-refractivity contribution in [2.45, 2.75) is 38.5 Å². The highest BCUT2D eigenvalue weighted by Crippen LogP contribution is 2.37. The molecule has 1 aromatic heterocycles. The van der Waals surface area contributed by atoms with Crippen LogP contribution in [-0.2, 0) is 4.79 Å². The van der Waals surface area contributed by atoms with Gasteiger partial charge < -0.3 is 11.1 Å². The predicted octanol–water partition coefficient (Wildman–Crippen LogP) is 3.41. The number of rotatable bonds is 3. The highest BCUT2D eigenvalue weighted by Gasteiger charge is 2.41. The summed E-state index contributed by atoms with van der Waals surface area (Å²) in [6.07, 6.45) is 7.30. The normalized spacial score (nSPS) is 18.1. The lowest BCUT2D eigenvalue weighted by Crippen LogP contribution is -2.45. The number of aromatic nitrogens is 1. The van der Waals surface area contributed by atoms with Gasteiger partial charge in [0.1, 0.15) is 5.82 Å². The van der Waals surface area contributed by atoms with Gasteiger partial charge in [0.15, 0.2) is 0 Å². The van der Waals surface area contributed by atoms with Gasteiger partial charge in [-0.2, -0.15) is 0 Å². The van der Waals surface area contributed by atoms with Gasteiger partial charge >= 0.3 is 0 Å². The van der Waals surface area contributed by atoms with Crippen molar-refractivity contribution < 1.29 is 4.79 Å². The molecule has 0 aliphatic heterocycles. The van der Waals surface area contributed by atoms with Crippen LogP contribution in [0.25, 0.3) is 0 Å². The number of anilines is 1. The maximum Gasteiger partial charge on any atom is 0.238 e. The number of hydrogen-bond donors (Lipinski definition) is 2. The lowest BCUT2D eigenvalue weighted by molar-refractivity contribution is -0.122. The zero-order valence-corrected chi connectivity index (χ0v) is 13.6. The largest absolute Gasteiger partial charge is 0.392 e. The number of pyridine rings is 1. The minimum absolute atomic E-state index is 0.133. The van der Waals surface area contributed by atoms with Crippen LogP contribution in [0.1, 0.15) is 38.5 Å². The lowest BCUT2D eigenvalue weighted by Gasteiger charge is -2.30. The van der Waals surface area contributed by atoms with Gasteiger partial charge in [-0.25, -0.2) is 4.98 Å². The summed E-state index contributed by atoms with van der Waals surface area (Å²) >= 11 is 8.58. The number of nitrogens with one attached hydrogen (secondary N) is 1. The third kappa shape index (κ3) is 3.17. The van der Waals surface area contributed by atoms with Gasteiger partial charge in [-0.3, -0.25) is 4.79 Å². The Balaban J connectivity index is 2.23. The molecule has 1 saturated carbocycles. The first-order valence-corrected chi connectivity index (χ1v) is 7.98. The highest BCUT2D eigenvalue weighted by atomic mass is 79.9. The fourth-order valence-electron chi connectivity index (χ4n) is 2.62. The van der Waals surface area contributed by atoms with Crippen molar-refractivity contribution in [3.63, 3.8) is 0 Å². The summed E-state index contributed by atoms with van der Waals surface area (Å²) in [6.45, 7) is 0. The van der Waals surface area contributed by atoms with E-state index in [9.17, 15) is 4.79 Å². The quantitative estimate of drug-likeness (QED) is 0.643. The number of amides is 1. The summed E-state index contributed by atoms with van der Waals surface area (Å²) in [4.78, 5) is 17.2. The number of nitrogens with two attached hydrogens (primary N) is 1. The fraction of sp³-hybridized carbons (Fsp3) is 0.500. The molecular formula is C14H18BrN3OS. The van der Waals surface area contributed by atoms with Crippen LogP contribution in [0.4, 0.5) is 5.82 Å². The zero-order chi connectivity index (χ0) is 14.6. The van der Waals surface area contributed by atoms with E-state index in [2.05, 4.69) is 26.2 Å². The van der Waals surface area contributed by atoms with Crippen molar-refractivity contribution in [3.05, 3.63) is 22.8 Å². The molecule has 108 valence electrons. The van der Waals surface area contributed by atoms with Gasteiger partial charge in [0.25, 0.3) is 0 Å². The minimum atomic E-state index is -0.733. The molecule has 0 atom stereocenters. The molecular weight excluding hydrogens is 338 g/mol. The monoisotopic (exact) mass is 355 g/mol. The van der Waals surface area contributed by atoms with Crippen LogP contribution < -0.4 is 11.1 Å². The van der Waals surface area contributed by atoms with Crippen molar-refractivity contribution in [3.8, 4) is 0 Å². The van der Waals surface area contributed by atoms with E-state index in [1.54, 1.807) is 12.3 Å². The Morgan fingerprint density at radius 1 is 1.35 bits per heavy atom. The Morgan fingerprint density at radius 2 is 2.00 bits per heavy atom. The number of halogens is 1. The van der Waals surface area contributed by atoms with E-state index >= 15 is 0 Å². The molecule has 1 aliphatic carbocycles. The Morgan fingerprint density at radius 3 is 2.55 bits per heavy atom. The lowest BCUT2D eigenvalue weighted by atomic mass is 9.79. The molecule has 1 fully saturated rings. The summed E-state index contributed by atoms with van der Waals surface area (Å²) < 4.78 is 0.750. The second-order valence-electron chi connectivity index (χ2n) is 5.15. The average molecular weight is 356 g/mol. The Bertz CT molecular complexity index is 513. The molecule has 1 aromatic rings. The maximum atomic E-state index is 12.7. The van der Waals surface area contributed by atoms with E-state index in [1.807, 2.05) is 6.07 Å². The first kappa shape index (κ1) is 15.4. The molecule has 2 rings (SSSR count). The molecule has 4 nitrogen and oxygen atoms in total. The molecule has 20 heavy (non-hydrogen) atoms. The number of carbonyl (C=O) groups is 1. The number of carbonyl (C=O) groups excluding carboxylic acids is 1. The van der Waals surface area contributed by atoms with E-state index in [0.717, 1.165) is 43.0 Å². The van der Waals surface area contributed by atoms with E-state index in [-0.39, 0.29) is 5.91 Å². The molecule has 0 bridgehead atoms. The van der Waals surface area contributed by atoms with Gasteiger partial charge in [0, 0.05) is 6.20 Å². The molecule has 1 heterocycles. The van der Waals surface area contributed by atoms with Crippen LogP contribution in [0.3, 0.4) is 0 Å². The Kier molecular flexibility index (Phi) is 5.10. The van der Waals surface area contributed by atoms with Gasteiger partial charge in [-0.1, -0.05) is 37.9 Å². The molecule has 0 unspecified atom stereocenters. The summed E-state index contributed by atoms with van der Waals surface area (Å²) in [5.41, 5.74) is 5.17. The first-order chi connectivity index (χ1) is 9.56. The molecule has 6 heteroatoms. The summed E-state index contributed by atoms with van der Waals surface area (Å²) in [5, 5.41) is 2.87. The van der Waals surface area contributed by atoms with Gasteiger partial charge in [-0.15, -0.1) is 0 Å². The van der Waals surface area contributed by atoms with Crippen LogP contribution in [0.5, 0.6) is 0 Å². The second-order valence-corrected chi connectivity index (χ2v) is 6.44. The van der Waals surface area contributed by atoms with Gasteiger partial charge in [0.2, 0.25) is 5.91 Å². The van der Waals surface area contributed by atoms with Gasteiger partial charge in [0.05, 0.1) is 14.9 Å². The van der Waals surface area contributed by atoms with Crippen molar-refractivity contribution >= 4 is 44.9 Å². The van der Waals surface area contributed by atoms with Crippen molar-refractivity contribution in [2.24, 2.45) is 11.1 Å². The smallest absolute Gasteiger partial charge is 0.238 e. The third-order valence-electron chi connectivity index (χ3n) is 3.85. The van der Waals surface area contributed by atoms with Crippen LogP contribution >= 0.6 is 28.1 Å². The summed E-state index contributed by atoms with van der Waals surface area (Å²) in [5.74, 6) is 0.378. The van der Waals surface area contributed by atoms with Crippen molar-refractivity contribution in [2.75, 3.05) is 5.32 Å². The molecule has 0 radical (unpaired) electrons. The third-order valence-corrected chi connectivity index (χ3v) is 4.88. The van der Waals surface area contributed by atoms with Crippen LogP contribution in [0.15, 0.2) is 22.8 Å². The van der Waals surface area contributed by atoms with E-state index < -0.39 is 5.41 Å². The van der Waals surface area contributed by atoms with Crippen LogP contribution in [0.2, 0.25) is 0 Å². The molecule has 0 spiro atoms. The first-order valence-electron chi connectivity index (χ1n) is 6.78. The average Bonchev–Trinajstić information content (AvgIpc) is 2.68. The van der Waals surface area contributed by atoms with E-state index in [4.69, 9.17) is 18.0 Å². The molecule has 3 N–H and O–H groups in total. The zero-order valence-electron chi connectivity index (χ0n) is 11.2. The Hall–Kier alpha value is -1.01. The topological polar surface area (TPSA) is 68.0 Å². The van der Waals surface area contributed by atoms with Crippen molar-refractivity contribution in [1.29, 1.82) is 0 Å². The molecule has 0 aromatic carbocycles.